The lowest BCUT2D eigenvalue weighted by Crippen LogP contribution is -1.90. The van der Waals surface area contributed by atoms with Crippen molar-refractivity contribution >= 4 is 43.7 Å². The minimum Gasteiger partial charge on any atom is -0.456 e. The second kappa shape index (κ2) is 4.88. The monoisotopic (exact) mass is 313 g/mol. The third-order valence-corrected chi connectivity index (χ3v) is 5.15. The Labute approximate surface area is 140 Å². The molecule has 0 unspecified atom stereocenters. The summed E-state index contributed by atoms with van der Waals surface area (Å²) in [5.74, 6) is 0. The van der Waals surface area contributed by atoms with Crippen molar-refractivity contribution in [2.75, 3.05) is 0 Å². The van der Waals surface area contributed by atoms with Gasteiger partial charge in [-0.25, -0.2) is 0 Å². The number of nitrogens with zero attached hydrogens (tertiary/aromatic N) is 1. The van der Waals surface area contributed by atoms with Crippen molar-refractivity contribution in [1.29, 1.82) is 0 Å². The maximum Gasteiger partial charge on any atom is 0.137 e. The average Bonchev–Trinajstić information content (AvgIpc) is 3.12. The van der Waals surface area contributed by atoms with Gasteiger partial charge in [-0.05, 0) is 24.1 Å². The van der Waals surface area contributed by atoms with Crippen LogP contribution >= 0.6 is 0 Å². The molecule has 0 atom stereocenters. The molecule has 0 fully saturated rings. The molecule has 0 saturated carbocycles. The highest BCUT2D eigenvalue weighted by molar-refractivity contribution is 6.19. The zero-order valence-electron chi connectivity index (χ0n) is 14.0. The molecule has 0 bridgehead atoms. The molecule has 0 radical (unpaired) electrons. The van der Waals surface area contributed by atoms with Crippen LogP contribution in [0.4, 0.5) is 0 Å². The predicted molar refractivity (Wildman–Crippen MR) is 102 cm³/mol. The summed E-state index contributed by atoms with van der Waals surface area (Å²) in [6, 6.07) is 19.3. The van der Waals surface area contributed by atoms with Gasteiger partial charge >= 0.3 is 0 Å². The fourth-order valence-corrected chi connectivity index (χ4v) is 4.13. The van der Waals surface area contributed by atoms with E-state index in [0.717, 1.165) is 24.0 Å². The van der Waals surface area contributed by atoms with Crippen LogP contribution in [0.5, 0.6) is 0 Å². The van der Waals surface area contributed by atoms with Gasteiger partial charge in [0.05, 0.1) is 5.52 Å². The molecule has 5 rings (SSSR count). The van der Waals surface area contributed by atoms with Gasteiger partial charge in [0.15, 0.2) is 0 Å². The highest BCUT2D eigenvalue weighted by Gasteiger charge is 2.18. The van der Waals surface area contributed by atoms with E-state index in [0.29, 0.717) is 0 Å². The normalized spacial score (nSPS) is 12.1. The second-order valence-corrected chi connectivity index (χ2v) is 6.55. The average molecular weight is 313 g/mol. The highest BCUT2D eigenvalue weighted by atomic mass is 16.3. The lowest BCUT2D eigenvalue weighted by Gasteiger charge is -2.06. The number of rotatable bonds is 2. The quantitative estimate of drug-likeness (QED) is 0.380. The van der Waals surface area contributed by atoms with E-state index in [1.807, 2.05) is 6.07 Å². The Kier molecular flexibility index (Phi) is 2.78. The van der Waals surface area contributed by atoms with Crippen molar-refractivity contribution in [2.24, 2.45) is 7.05 Å². The number of para-hydroxylation sites is 2. The molecule has 2 heteroatoms. The number of benzene rings is 3. The maximum absolute atomic E-state index is 6.19. The first-order valence-corrected chi connectivity index (χ1v) is 8.60. The van der Waals surface area contributed by atoms with Crippen molar-refractivity contribution < 1.29 is 4.42 Å². The van der Waals surface area contributed by atoms with Crippen molar-refractivity contribution in [3.05, 3.63) is 60.2 Å². The van der Waals surface area contributed by atoms with Gasteiger partial charge in [0.25, 0.3) is 0 Å². The summed E-state index contributed by atoms with van der Waals surface area (Å²) in [4.78, 5) is 0. The number of aromatic nitrogens is 1. The molecule has 2 nitrogen and oxygen atoms in total. The Balaban J connectivity index is 2.10. The van der Waals surface area contributed by atoms with E-state index in [4.69, 9.17) is 4.42 Å². The zero-order chi connectivity index (χ0) is 16.3. The summed E-state index contributed by atoms with van der Waals surface area (Å²) >= 11 is 0. The van der Waals surface area contributed by atoms with Crippen LogP contribution in [-0.2, 0) is 13.5 Å². The van der Waals surface area contributed by atoms with Crippen LogP contribution in [0, 0.1) is 0 Å². The summed E-state index contributed by atoms with van der Waals surface area (Å²) in [7, 11) is 2.15. The van der Waals surface area contributed by atoms with Gasteiger partial charge in [0.2, 0.25) is 0 Å². The Morgan fingerprint density at radius 2 is 1.58 bits per heavy atom. The van der Waals surface area contributed by atoms with Crippen molar-refractivity contribution in [2.45, 2.75) is 19.8 Å². The number of furan rings is 1. The van der Waals surface area contributed by atoms with Gasteiger partial charge in [-0.3, -0.25) is 0 Å². The molecule has 24 heavy (non-hydrogen) atoms. The van der Waals surface area contributed by atoms with E-state index in [-0.39, 0.29) is 0 Å². The van der Waals surface area contributed by atoms with Gasteiger partial charge in [-0.1, -0.05) is 49.7 Å². The van der Waals surface area contributed by atoms with E-state index in [9.17, 15) is 0 Å². The van der Waals surface area contributed by atoms with E-state index in [1.165, 1.54) is 38.1 Å². The SMILES string of the molecule is CCCc1c2c(cc3c1c1ccccc1n3C)oc1ccccc12. The maximum atomic E-state index is 6.19. The summed E-state index contributed by atoms with van der Waals surface area (Å²) < 4.78 is 8.47. The number of hydrogen-bond donors (Lipinski definition) is 0. The smallest absolute Gasteiger partial charge is 0.137 e. The fourth-order valence-electron chi connectivity index (χ4n) is 4.13. The third-order valence-electron chi connectivity index (χ3n) is 5.15. The first-order valence-electron chi connectivity index (χ1n) is 8.60. The van der Waals surface area contributed by atoms with Crippen LogP contribution in [0.2, 0.25) is 0 Å². The van der Waals surface area contributed by atoms with Crippen molar-refractivity contribution in [3.8, 4) is 0 Å². The molecule has 0 N–H and O–H groups in total. The molecular formula is C22H19NO. The van der Waals surface area contributed by atoms with Gasteiger partial charge in [-0.2, -0.15) is 0 Å². The molecule has 0 amide bonds. The first kappa shape index (κ1) is 13.7. The largest absolute Gasteiger partial charge is 0.456 e. The van der Waals surface area contributed by atoms with Crippen LogP contribution in [0.3, 0.4) is 0 Å². The number of fused-ring (bicyclic) bond motifs is 6. The van der Waals surface area contributed by atoms with Crippen LogP contribution in [0.25, 0.3) is 43.7 Å². The van der Waals surface area contributed by atoms with Crippen molar-refractivity contribution in [3.63, 3.8) is 0 Å². The molecular weight excluding hydrogens is 294 g/mol. The van der Waals surface area contributed by atoms with Gasteiger partial charge in [-0.15, -0.1) is 0 Å². The lowest BCUT2D eigenvalue weighted by atomic mass is 9.97. The Hall–Kier alpha value is -2.74. The van der Waals surface area contributed by atoms with Crippen LogP contribution < -0.4 is 0 Å². The van der Waals surface area contributed by atoms with Crippen LogP contribution in [0.1, 0.15) is 18.9 Å². The summed E-state index contributed by atoms with van der Waals surface area (Å²) in [6.45, 7) is 2.25. The minimum absolute atomic E-state index is 0.976. The molecule has 0 aliphatic rings. The first-order chi connectivity index (χ1) is 11.8. The van der Waals surface area contributed by atoms with Crippen molar-refractivity contribution in [1.82, 2.24) is 4.57 Å². The number of aryl methyl sites for hydroxylation is 2. The third kappa shape index (κ3) is 1.66. The van der Waals surface area contributed by atoms with E-state index in [1.54, 1.807) is 0 Å². The summed E-state index contributed by atoms with van der Waals surface area (Å²) in [5.41, 5.74) is 5.93. The van der Waals surface area contributed by atoms with Gasteiger partial charge in [0, 0.05) is 40.2 Å². The zero-order valence-corrected chi connectivity index (χ0v) is 14.0. The Morgan fingerprint density at radius 3 is 2.42 bits per heavy atom. The molecule has 3 aromatic carbocycles. The van der Waals surface area contributed by atoms with E-state index in [2.05, 4.69) is 67.1 Å². The molecule has 0 spiro atoms. The summed E-state index contributed by atoms with van der Waals surface area (Å²) in [6.07, 6.45) is 2.18. The lowest BCUT2D eigenvalue weighted by molar-refractivity contribution is 0.669. The van der Waals surface area contributed by atoms with Crippen LogP contribution in [0.15, 0.2) is 59.0 Å². The molecule has 5 aromatic rings. The van der Waals surface area contributed by atoms with Gasteiger partial charge < -0.3 is 8.98 Å². The molecule has 2 heterocycles. The Bertz CT molecular complexity index is 1220. The van der Waals surface area contributed by atoms with E-state index < -0.39 is 0 Å². The molecule has 0 aliphatic carbocycles. The standard InChI is InChI=1S/C22H19NO/c1-3-8-16-21-14-9-4-6-11-17(14)23(2)18(21)13-20-22(16)15-10-5-7-12-19(15)24-20/h4-7,9-13H,3,8H2,1-2H3. The Morgan fingerprint density at radius 1 is 0.833 bits per heavy atom. The summed E-state index contributed by atoms with van der Waals surface area (Å²) in [5, 5.41) is 5.24. The molecule has 0 saturated heterocycles. The van der Waals surface area contributed by atoms with Crippen LogP contribution in [-0.4, -0.2) is 4.57 Å². The molecule has 0 aliphatic heterocycles. The fraction of sp³-hybridized carbons (Fsp3) is 0.182. The minimum atomic E-state index is 0.976. The van der Waals surface area contributed by atoms with E-state index >= 15 is 0 Å². The topological polar surface area (TPSA) is 18.1 Å². The number of hydrogen-bond acceptors (Lipinski definition) is 1. The second-order valence-electron chi connectivity index (χ2n) is 6.55. The highest BCUT2D eigenvalue weighted by Crippen LogP contribution is 2.40. The van der Waals surface area contributed by atoms with Gasteiger partial charge in [0.1, 0.15) is 11.2 Å². The molecule has 118 valence electrons. The molecule has 2 aromatic heterocycles. The predicted octanol–water partition coefficient (Wildman–Crippen LogP) is 6.18.